The van der Waals surface area contributed by atoms with Crippen molar-refractivity contribution < 1.29 is 4.74 Å². The maximum Gasteiger partial charge on any atom is 0.198 e. The van der Waals surface area contributed by atoms with Crippen LogP contribution in [-0.4, -0.2) is 18.5 Å². The second kappa shape index (κ2) is 3.21. The molecule has 0 unspecified atom stereocenters. The number of rotatable bonds is 2. The lowest BCUT2D eigenvalue weighted by Crippen LogP contribution is -2.03. The molecule has 54 valence electrons. The first-order valence-corrected chi connectivity index (χ1v) is 3.43. The first-order chi connectivity index (χ1) is 4.86. The van der Waals surface area contributed by atoms with Gasteiger partial charge in [0.1, 0.15) is 13.0 Å². The highest BCUT2D eigenvalue weighted by molar-refractivity contribution is 5.79. The monoisotopic (exact) mass is 138 g/mol. The fraction of sp³-hybridized carbons (Fsp3) is 0.714. The van der Waals surface area contributed by atoms with Gasteiger partial charge in [-0.2, -0.15) is 5.26 Å². The molecule has 1 atom stereocenters. The minimum Gasteiger partial charge on any atom is -0.478 e. The van der Waals surface area contributed by atoms with Crippen LogP contribution in [0.25, 0.3) is 0 Å². The Morgan fingerprint density at radius 3 is 3.20 bits per heavy atom. The van der Waals surface area contributed by atoms with E-state index in [9.17, 15) is 0 Å². The molecule has 0 bridgehead atoms. The second-order valence-corrected chi connectivity index (χ2v) is 2.23. The van der Waals surface area contributed by atoms with Crippen LogP contribution in [0.4, 0.5) is 0 Å². The summed E-state index contributed by atoms with van der Waals surface area (Å²) in [4.78, 5) is 4.17. The summed E-state index contributed by atoms with van der Waals surface area (Å²) in [6.45, 7) is 2.72. The number of ether oxygens (including phenoxy) is 1. The van der Waals surface area contributed by atoms with Gasteiger partial charge in [0.05, 0.1) is 12.1 Å². The van der Waals surface area contributed by atoms with Gasteiger partial charge in [-0.15, -0.1) is 0 Å². The molecule has 0 radical (unpaired) electrons. The number of nitrogens with zero attached hydrogens (tertiary/aromatic N) is 2. The highest BCUT2D eigenvalue weighted by Gasteiger charge is 2.15. The first-order valence-electron chi connectivity index (χ1n) is 3.43. The van der Waals surface area contributed by atoms with Gasteiger partial charge in [-0.1, -0.05) is 6.92 Å². The van der Waals surface area contributed by atoms with Crippen LogP contribution in [0.15, 0.2) is 4.99 Å². The Balaban J connectivity index is 2.42. The summed E-state index contributed by atoms with van der Waals surface area (Å²) in [5.41, 5.74) is 0. The SMILES string of the molecule is CC[C@@H]1COC(CC#N)=N1. The molecule has 3 heteroatoms. The van der Waals surface area contributed by atoms with Crippen molar-refractivity contribution in [1.82, 2.24) is 0 Å². The predicted octanol–water partition coefficient (Wildman–Crippen LogP) is 1.11. The van der Waals surface area contributed by atoms with Crippen LogP contribution < -0.4 is 0 Å². The van der Waals surface area contributed by atoms with Gasteiger partial charge in [-0.25, -0.2) is 4.99 Å². The molecule has 10 heavy (non-hydrogen) atoms. The van der Waals surface area contributed by atoms with Crippen LogP contribution in [0.5, 0.6) is 0 Å². The Morgan fingerprint density at radius 2 is 2.70 bits per heavy atom. The van der Waals surface area contributed by atoms with Gasteiger partial charge >= 0.3 is 0 Å². The molecule has 0 aromatic carbocycles. The Morgan fingerprint density at radius 1 is 1.90 bits per heavy atom. The molecular weight excluding hydrogens is 128 g/mol. The van der Waals surface area contributed by atoms with Crippen molar-refractivity contribution in [1.29, 1.82) is 5.26 Å². The lowest BCUT2D eigenvalue weighted by atomic mass is 10.3. The standard InChI is InChI=1S/C7H10N2O/c1-2-6-5-10-7(9-6)3-4-8/h6H,2-3,5H2,1H3/t6-/m1/s1. The largest absolute Gasteiger partial charge is 0.478 e. The summed E-state index contributed by atoms with van der Waals surface area (Å²) in [5.74, 6) is 0.606. The van der Waals surface area contributed by atoms with E-state index in [1.54, 1.807) is 0 Å². The van der Waals surface area contributed by atoms with Crippen molar-refractivity contribution in [2.75, 3.05) is 6.61 Å². The quantitative estimate of drug-likeness (QED) is 0.573. The normalized spacial score (nSPS) is 23.2. The minimum absolute atomic E-state index is 0.295. The summed E-state index contributed by atoms with van der Waals surface area (Å²) in [7, 11) is 0. The van der Waals surface area contributed by atoms with Crippen LogP contribution in [0.3, 0.4) is 0 Å². The third-order valence-corrected chi connectivity index (χ3v) is 1.47. The van der Waals surface area contributed by atoms with Crippen molar-refractivity contribution in [3.8, 4) is 6.07 Å². The van der Waals surface area contributed by atoms with Gasteiger partial charge in [0.15, 0.2) is 5.90 Å². The van der Waals surface area contributed by atoms with Gasteiger partial charge in [0, 0.05) is 0 Å². The van der Waals surface area contributed by atoms with Crippen molar-refractivity contribution in [2.24, 2.45) is 4.99 Å². The number of aliphatic imine (C=N–C) groups is 1. The molecule has 0 amide bonds. The molecule has 1 rings (SSSR count). The molecule has 3 nitrogen and oxygen atoms in total. The van der Waals surface area contributed by atoms with Crippen LogP contribution in [-0.2, 0) is 4.74 Å². The van der Waals surface area contributed by atoms with E-state index >= 15 is 0 Å². The van der Waals surface area contributed by atoms with E-state index in [1.165, 1.54) is 0 Å². The van der Waals surface area contributed by atoms with Crippen LogP contribution >= 0.6 is 0 Å². The lowest BCUT2D eigenvalue weighted by Gasteiger charge is -1.96. The second-order valence-electron chi connectivity index (χ2n) is 2.23. The first kappa shape index (κ1) is 7.07. The smallest absolute Gasteiger partial charge is 0.198 e. The molecule has 1 aliphatic rings. The summed E-state index contributed by atoms with van der Waals surface area (Å²) in [5, 5.41) is 8.27. The Labute approximate surface area is 60.3 Å². The van der Waals surface area contributed by atoms with Gasteiger partial charge in [0.25, 0.3) is 0 Å². The summed E-state index contributed by atoms with van der Waals surface area (Å²) in [6.07, 6.45) is 1.31. The van der Waals surface area contributed by atoms with Gasteiger partial charge in [0.2, 0.25) is 0 Å². The maximum atomic E-state index is 8.27. The zero-order valence-corrected chi connectivity index (χ0v) is 6.00. The third kappa shape index (κ3) is 1.47. The molecule has 0 spiro atoms. The molecule has 0 aromatic rings. The summed E-state index contributed by atoms with van der Waals surface area (Å²) < 4.78 is 5.12. The van der Waals surface area contributed by atoms with E-state index in [0.717, 1.165) is 6.42 Å². The van der Waals surface area contributed by atoms with Crippen LogP contribution in [0, 0.1) is 11.3 Å². The maximum absolute atomic E-state index is 8.27. The van der Waals surface area contributed by atoms with Crippen molar-refractivity contribution in [3.63, 3.8) is 0 Å². The predicted molar refractivity (Wildman–Crippen MR) is 37.7 cm³/mol. The fourth-order valence-corrected chi connectivity index (χ4v) is 0.844. The van der Waals surface area contributed by atoms with Crippen LogP contribution in [0.2, 0.25) is 0 Å². The molecule has 0 fully saturated rings. The molecule has 1 aliphatic heterocycles. The van der Waals surface area contributed by atoms with E-state index in [0.29, 0.717) is 25.0 Å². The lowest BCUT2D eigenvalue weighted by molar-refractivity contribution is 0.310. The molecule has 0 aliphatic carbocycles. The molecule has 1 heterocycles. The summed E-state index contributed by atoms with van der Waals surface area (Å²) >= 11 is 0. The molecular formula is C7H10N2O. The average Bonchev–Trinajstić information content (AvgIpc) is 2.37. The fourth-order valence-electron chi connectivity index (χ4n) is 0.844. The minimum atomic E-state index is 0.295. The van der Waals surface area contributed by atoms with Crippen LogP contribution in [0.1, 0.15) is 19.8 Å². The van der Waals surface area contributed by atoms with Gasteiger partial charge in [-0.3, -0.25) is 0 Å². The number of nitriles is 1. The zero-order valence-electron chi connectivity index (χ0n) is 6.00. The third-order valence-electron chi connectivity index (χ3n) is 1.47. The number of hydrogen-bond acceptors (Lipinski definition) is 3. The van der Waals surface area contributed by atoms with E-state index < -0.39 is 0 Å². The average molecular weight is 138 g/mol. The molecule has 0 N–H and O–H groups in total. The highest BCUT2D eigenvalue weighted by atomic mass is 16.5. The van der Waals surface area contributed by atoms with E-state index in [-0.39, 0.29) is 0 Å². The zero-order chi connectivity index (χ0) is 7.40. The molecule has 0 saturated carbocycles. The Bertz CT molecular complexity index is 181. The van der Waals surface area contributed by atoms with Crippen molar-refractivity contribution >= 4 is 5.90 Å². The summed E-state index contributed by atoms with van der Waals surface area (Å²) in [6, 6.07) is 2.29. The van der Waals surface area contributed by atoms with Crippen molar-refractivity contribution in [2.45, 2.75) is 25.8 Å². The van der Waals surface area contributed by atoms with Gasteiger partial charge < -0.3 is 4.74 Å². The Kier molecular flexibility index (Phi) is 2.27. The Hall–Kier alpha value is -1.04. The molecule has 0 aromatic heterocycles. The number of hydrogen-bond donors (Lipinski definition) is 0. The van der Waals surface area contributed by atoms with E-state index in [4.69, 9.17) is 10.00 Å². The van der Waals surface area contributed by atoms with Crippen molar-refractivity contribution in [3.05, 3.63) is 0 Å². The highest BCUT2D eigenvalue weighted by Crippen LogP contribution is 2.08. The van der Waals surface area contributed by atoms with E-state index in [2.05, 4.69) is 11.9 Å². The van der Waals surface area contributed by atoms with E-state index in [1.807, 2.05) is 6.07 Å². The topological polar surface area (TPSA) is 45.4 Å². The molecule has 0 saturated heterocycles. The van der Waals surface area contributed by atoms with Gasteiger partial charge in [-0.05, 0) is 6.42 Å².